The maximum Gasteiger partial charge on any atom is 0.150 e. The lowest BCUT2D eigenvalue weighted by Crippen LogP contribution is -2.12. The highest BCUT2D eigenvalue weighted by Gasteiger charge is 1.85. The van der Waals surface area contributed by atoms with E-state index in [1.807, 2.05) is 45.0 Å². The average Bonchev–Trinajstić information content (AvgIpc) is 2.40. The molecule has 2 heteroatoms. The first-order valence-electron chi connectivity index (χ1n) is 6.47. The zero-order chi connectivity index (χ0) is 13.5. The van der Waals surface area contributed by atoms with E-state index in [4.69, 9.17) is 0 Å². The standard InChI is InChI=1S/C8H8O.C5H13N.C2H6/c1-7-2-4-8(6-9)5-3-7;1-3-5-6-4-2;1-2/h2-6H,1H3;6H,3-5H2,1-2H3;1-2H3. The lowest BCUT2D eigenvalue weighted by atomic mass is 10.2. The molecular weight excluding hydrogens is 210 g/mol. The van der Waals surface area contributed by atoms with Crippen LogP contribution < -0.4 is 5.32 Å². The Hall–Kier alpha value is -1.15. The van der Waals surface area contributed by atoms with Crippen LogP contribution in [0.25, 0.3) is 0 Å². The van der Waals surface area contributed by atoms with E-state index in [1.54, 1.807) is 0 Å². The molecule has 0 aromatic heterocycles. The van der Waals surface area contributed by atoms with Crippen LogP contribution >= 0.6 is 0 Å². The highest BCUT2D eigenvalue weighted by atomic mass is 16.1. The first-order valence-corrected chi connectivity index (χ1v) is 6.47. The second-order valence-corrected chi connectivity index (χ2v) is 3.38. The number of aldehydes is 1. The molecular formula is C15H27NO. The third kappa shape index (κ3) is 12.8. The van der Waals surface area contributed by atoms with Gasteiger partial charge in [0.15, 0.2) is 0 Å². The smallest absolute Gasteiger partial charge is 0.150 e. The van der Waals surface area contributed by atoms with Gasteiger partial charge in [-0.1, -0.05) is 57.5 Å². The van der Waals surface area contributed by atoms with Crippen molar-refractivity contribution >= 4 is 6.29 Å². The quantitative estimate of drug-likeness (QED) is 0.637. The van der Waals surface area contributed by atoms with Gasteiger partial charge in [0.25, 0.3) is 0 Å². The first kappa shape index (κ1) is 18.2. The Labute approximate surface area is 106 Å². The molecule has 1 aromatic rings. The van der Waals surface area contributed by atoms with E-state index in [0.29, 0.717) is 0 Å². The molecule has 0 saturated heterocycles. The lowest BCUT2D eigenvalue weighted by molar-refractivity contribution is 0.112. The second kappa shape index (κ2) is 14.8. The number of hydrogen-bond donors (Lipinski definition) is 1. The summed E-state index contributed by atoms with van der Waals surface area (Å²) in [7, 11) is 0. The van der Waals surface area contributed by atoms with Gasteiger partial charge in [-0.15, -0.1) is 0 Å². The van der Waals surface area contributed by atoms with E-state index in [1.165, 1.54) is 12.0 Å². The molecule has 17 heavy (non-hydrogen) atoms. The fraction of sp³-hybridized carbons (Fsp3) is 0.533. The molecule has 1 N–H and O–H groups in total. The molecule has 0 fully saturated rings. The van der Waals surface area contributed by atoms with Crippen LogP contribution in [0.2, 0.25) is 0 Å². The van der Waals surface area contributed by atoms with Crippen LogP contribution in [0, 0.1) is 6.92 Å². The Morgan fingerprint density at radius 2 is 1.65 bits per heavy atom. The van der Waals surface area contributed by atoms with Crippen LogP contribution in [-0.2, 0) is 0 Å². The molecule has 98 valence electrons. The molecule has 0 bridgehead atoms. The molecule has 2 nitrogen and oxygen atoms in total. The summed E-state index contributed by atoms with van der Waals surface area (Å²) in [6.45, 7) is 12.6. The summed E-state index contributed by atoms with van der Waals surface area (Å²) < 4.78 is 0. The monoisotopic (exact) mass is 237 g/mol. The Morgan fingerprint density at radius 3 is 1.94 bits per heavy atom. The number of aryl methyl sites for hydroxylation is 1. The minimum absolute atomic E-state index is 0.737. The number of carbonyl (C=O) groups excluding carboxylic acids is 1. The van der Waals surface area contributed by atoms with E-state index in [-0.39, 0.29) is 0 Å². The summed E-state index contributed by atoms with van der Waals surface area (Å²) in [5.74, 6) is 0. The fourth-order valence-corrected chi connectivity index (χ4v) is 0.999. The molecule has 0 heterocycles. The number of nitrogens with one attached hydrogen (secondary N) is 1. The van der Waals surface area contributed by atoms with Crippen molar-refractivity contribution in [1.82, 2.24) is 5.32 Å². The van der Waals surface area contributed by atoms with Crippen molar-refractivity contribution in [2.75, 3.05) is 13.1 Å². The lowest BCUT2D eigenvalue weighted by Gasteiger charge is -1.91. The molecule has 0 aliphatic heterocycles. The van der Waals surface area contributed by atoms with Crippen LogP contribution in [0.1, 0.15) is 50.0 Å². The summed E-state index contributed by atoms with van der Waals surface area (Å²) in [5, 5.41) is 3.20. The molecule has 0 radical (unpaired) electrons. The van der Waals surface area contributed by atoms with Gasteiger partial charge >= 0.3 is 0 Å². The van der Waals surface area contributed by atoms with Gasteiger partial charge in [0.1, 0.15) is 6.29 Å². The van der Waals surface area contributed by atoms with E-state index >= 15 is 0 Å². The van der Waals surface area contributed by atoms with Crippen LogP contribution in [0.4, 0.5) is 0 Å². The van der Waals surface area contributed by atoms with Crippen LogP contribution in [0.15, 0.2) is 24.3 Å². The van der Waals surface area contributed by atoms with E-state index in [0.717, 1.165) is 24.9 Å². The van der Waals surface area contributed by atoms with Crippen molar-refractivity contribution in [2.24, 2.45) is 0 Å². The second-order valence-electron chi connectivity index (χ2n) is 3.38. The topological polar surface area (TPSA) is 29.1 Å². The number of benzene rings is 1. The Balaban J connectivity index is 0. The van der Waals surface area contributed by atoms with Gasteiger partial charge < -0.3 is 5.32 Å². The Bertz CT molecular complexity index is 250. The van der Waals surface area contributed by atoms with Crippen LogP contribution in [0.5, 0.6) is 0 Å². The summed E-state index contributed by atoms with van der Waals surface area (Å²) in [4.78, 5) is 10.1. The van der Waals surface area contributed by atoms with Gasteiger partial charge in [-0.2, -0.15) is 0 Å². The summed E-state index contributed by atoms with van der Waals surface area (Å²) >= 11 is 0. The molecule has 0 amide bonds. The van der Waals surface area contributed by atoms with Gasteiger partial charge in [0, 0.05) is 5.56 Å². The highest BCUT2D eigenvalue weighted by molar-refractivity contribution is 5.74. The van der Waals surface area contributed by atoms with Crippen molar-refractivity contribution in [3.05, 3.63) is 35.4 Å². The maximum absolute atomic E-state index is 10.1. The third-order valence-electron chi connectivity index (χ3n) is 1.89. The van der Waals surface area contributed by atoms with E-state index in [9.17, 15) is 4.79 Å². The summed E-state index contributed by atoms with van der Waals surface area (Å²) in [5.41, 5.74) is 1.92. The van der Waals surface area contributed by atoms with Crippen molar-refractivity contribution in [2.45, 2.75) is 41.0 Å². The third-order valence-corrected chi connectivity index (χ3v) is 1.89. The van der Waals surface area contributed by atoms with Crippen LogP contribution in [-0.4, -0.2) is 19.4 Å². The first-order chi connectivity index (χ1) is 8.24. The molecule has 0 spiro atoms. The minimum Gasteiger partial charge on any atom is -0.317 e. The largest absolute Gasteiger partial charge is 0.317 e. The average molecular weight is 237 g/mol. The molecule has 1 rings (SSSR count). The number of rotatable bonds is 4. The van der Waals surface area contributed by atoms with Gasteiger partial charge in [-0.3, -0.25) is 4.79 Å². The summed E-state index contributed by atoms with van der Waals surface area (Å²) in [6, 6.07) is 7.46. The van der Waals surface area contributed by atoms with Crippen molar-refractivity contribution in [3.8, 4) is 0 Å². The van der Waals surface area contributed by atoms with Crippen LogP contribution in [0.3, 0.4) is 0 Å². The maximum atomic E-state index is 10.1. The molecule has 0 unspecified atom stereocenters. The number of hydrogen-bond acceptors (Lipinski definition) is 2. The predicted molar refractivity (Wildman–Crippen MR) is 76.7 cm³/mol. The van der Waals surface area contributed by atoms with E-state index < -0.39 is 0 Å². The van der Waals surface area contributed by atoms with Gasteiger partial charge in [-0.25, -0.2) is 0 Å². The Morgan fingerprint density at radius 1 is 1.12 bits per heavy atom. The predicted octanol–water partition coefficient (Wildman–Crippen LogP) is 3.84. The zero-order valence-corrected chi connectivity index (χ0v) is 11.9. The van der Waals surface area contributed by atoms with E-state index in [2.05, 4.69) is 19.2 Å². The SMILES string of the molecule is CC.CCCNCC.Cc1ccc(C=O)cc1. The van der Waals surface area contributed by atoms with Crippen molar-refractivity contribution in [1.29, 1.82) is 0 Å². The van der Waals surface area contributed by atoms with Crippen molar-refractivity contribution < 1.29 is 4.79 Å². The molecule has 0 aliphatic rings. The van der Waals surface area contributed by atoms with Crippen molar-refractivity contribution in [3.63, 3.8) is 0 Å². The number of carbonyl (C=O) groups is 1. The fourth-order valence-electron chi connectivity index (χ4n) is 0.999. The molecule has 0 atom stereocenters. The summed E-state index contributed by atoms with van der Waals surface area (Å²) in [6.07, 6.45) is 2.09. The Kier molecular flexibility index (Phi) is 15.9. The molecule has 1 aromatic carbocycles. The van der Waals surface area contributed by atoms with Gasteiger partial charge in [0.2, 0.25) is 0 Å². The molecule has 0 aliphatic carbocycles. The normalized spacial score (nSPS) is 8.29. The highest BCUT2D eigenvalue weighted by Crippen LogP contribution is 1.98. The van der Waals surface area contributed by atoms with Gasteiger partial charge in [-0.05, 0) is 26.4 Å². The minimum atomic E-state index is 0.737. The zero-order valence-electron chi connectivity index (χ0n) is 11.9. The molecule has 0 saturated carbocycles. The van der Waals surface area contributed by atoms with Gasteiger partial charge in [0.05, 0.1) is 0 Å².